The summed E-state index contributed by atoms with van der Waals surface area (Å²) in [5.74, 6) is 0. The Kier molecular flexibility index (Phi) is 4.48. The lowest BCUT2D eigenvalue weighted by atomic mass is 10.1. The summed E-state index contributed by atoms with van der Waals surface area (Å²) in [6, 6.07) is 3.73. The molecule has 2 rings (SSSR count). The minimum Gasteiger partial charge on any atom is -0.387 e. The summed E-state index contributed by atoms with van der Waals surface area (Å²) in [4.78, 5) is 10.3. The minimum absolute atomic E-state index is 0.0522. The number of nitro benzene ring substituents is 1. The van der Waals surface area contributed by atoms with Crippen LogP contribution in [-0.2, 0) is 10.0 Å². The van der Waals surface area contributed by atoms with Gasteiger partial charge in [0, 0.05) is 31.8 Å². The second-order valence-corrected chi connectivity index (χ2v) is 7.01. The van der Waals surface area contributed by atoms with E-state index in [0.29, 0.717) is 6.54 Å². The summed E-state index contributed by atoms with van der Waals surface area (Å²) < 4.78 is 27.0. The number of rotatable bonds is 4. The zero-order chi connectivity index (χ0) is 15.6. The van der Waals surface area contributed by atoms with E-state index < -0.39 is 14.9 Å². The first-order valence-electron chi connectivity index (χ1n) is 6.86. The molecule has 1 aliphatic heterocycles. The maximum absolute atomic E-state index is 12.8. The third-order valence-electron chi connectivity index (χ3n) is 3.77. The van der Waals surface area contributed by atoms with Crippen molar-refractivity contribution in [1.29, 1.82) is 0 Å². The molecule has 0 bridgehead atoms. The highest BCUT2D eigenvalue weighted by atomic mass is 32.2. The molecular formula is C13H19N3O4S. The van der Waals surface area contributed by atoms with Crippen molar-refractivity contribution in [3.05, 3.63) is 28.3 Å². The molecule has 1 fully saturated rings. The number of sulfonamides is 1. The lowest BCUT2D eigenvalue weighted by Gasteiger charge is -2.32. The van der Waals surface area contributed by atoms with Crippen LogP contribution in [0.1, 0.15) is 26.2 Å². The highest BCUT2D eigenvalue weighted by Gasteiger charge is 2.33. The normalized spacial score (nSPS) is 20.2. The fraction of sp³-hybridized carbons (Fsp3) is 0.538. The number of hydrogen-bond acceptors (Lipinski definition) is 5. The second kappa shape index (κ2) is 5.98. The zero-order valence-corrected chi connectivity index (χ0v) is 12.9. The maximum Gasteiger partial charge on any atom is 0.271 e. The molecule has 8 heteroatoms. The molecule has 0 spiro atoms. The molecule has 7 nitrogen and oxygen atoms in total. The average molecular weight is 313 g/mol. The van der Waals surface area contributed by atoms with Gasteiger partial charge in [-0.05, 0) is 25.8 Å². The molecule has 1 N–H and O–H groups in total. The summed E-state index contributed by atoms with van der Waals surface area (Å²) in [6.07, 6.45) is 2.69. The molecule has 1 saturated heterocycles. The largest absolute Gasteiger partial charge is 0.387 e. The molecule has 0 aliphatic carbocycles. The maximum atomic E-state index is 12.8. The van der Waals surface area contributed by atoms with E-state index in [-0.39, 0.29) is 22.3 Å². The Bertz CT molecular complexity index is 645. The predicted octanol–water partition coefficient (Wildman–Crippen LogP) is 2.20. The predicted molar refractivity (Wildman–Crippen MR) is 79.8 cm³/mol. The Balaban J connectivity index is 2.46. The molecule has 0 saturated carbocycles. The van der Waals surface area contributed by atoms with Gasteiger partial charge >= 0.3 is 0 Å². The highest BCUT2D eigenvalue weighted by molar-refractivity contribution is 7.89. The zero-order valence-electron chi connectivity index (χ0n) is 12.1. The number of nitrogens with zero attached hydrogens (tertiary/aromatic N) is 2. The van der Waals surface area contributed by atoms with Crippen molar-refractivity contribution in [1.82, 2.24) is 4.31 Å². The van der Waals surface area contributed by atoms with Crippen LogP contribution in [0.5, 0.6) is 0 Å². The fourth-order valence-corrected chi connectivity index (χ4v) is 4.49. The molecule has 21 heavy (non-hydrogen) atoms. The van der Waals surface area contributed by atoms with Crippen LogP contribution in [0.25, 0.3) is 0 Å². The lowest BCUT2D eigenvalue weighted by molar-refractivity contribution is -0.384. The van der Waals surface area contributed by atoms with Crippen molar-refractivity contribution in [3.8, 4) is 0 Å². The van der Waals surface area contributed by atoms with Gasteiger partial charge in [0.2, 0.25) is 10.0 Å². The molecule has 0 amide bonds. The second-order valence-electron chi connectivity index (χ2n) is 5.15. The Hall–Kier alpha value is -1.67. The topological polar surface area (TPSA) is 92.5 Å². The number of benzene rings is 1. The quantitative estimate of drug-likeness (QED) is 0.679. The smallest absolute Gasteiger partial charge is 0.271 e. The molecule has 1 aliphatic rings. The Morgan fingerprint density at radius 3 is 2.67 bits per heavy atom. The third kappa shape index (κ3) is 3.01. The van der Waals surface area contributed by atoms with Gasteiger partial charge in [-0.1, -0.05) is 6.42 Å². The van der Waals surface area contributed by atoms with Crippen LogP contribution < -0.4 is 5.32 Å². The van der Waals surface area contributed by atoms with Gasteiger partial charge in [0.05, 0.1) is 10.6 Å². The molecular weight excluding hydrogens is 294 g/mol. The molecule has 1 atom stereocenters. The number of hydrogen-bond donors (Lipinski definition) is 1. The molecule has 0 radical (unpaired) electrons. The van der Waals surface area contributed by atoms with E-state index in [0.717, 1.165) is 19.3 Å². The van der Waals surface area contributed by atoms with Crippen molar-refractivity contribution < 1.29 is 13.3 Å². The molecule has 0 aromatic heterocycles. The van der Waals surface area contributed by atoms with Gasteiger partial charge in [0.1, 0.15) is 4.90 Å². The Morgan fingerprint density at radius 1 is 1.38 bits per heavy atom. The summed E-state index contributed by atoms with van der Waals surface area (Å²) in [5.41, 5.74) is 0.118. The van der Waals surface area contributed by atoms with E-state index in [4.69, 9.17) is 0 Å². The summed E-state index contributed by atoms with van der Waals surface area (Å²) in [5, 5.41) is 13.5. The number of non-ortho nitro benzene ring substituents is 1. The van der Waals surface area contributed by atoms with Crippen LogP contribution in [0.4, 0.5) is 11.4 Å². The van der Waals surface area contributed by atoms with Crippen LogP contribution in [0, 0.1) is 10.1 Å². The summed E-state index contributed by atoms with van der Waals surface area (Å²) in [6.45, 7) is 2.38. The summed E-state index contributed by atoms with van der Waals surface area (Å²) >= 11 is 0. The van der Waals surface area contributed by atoms with Gasteiger partial charge < -0.3 is 5.32 Å². The minimum atomic E-state index is -3.65. The van der Waals surface area contributed by atoms with E-state index in [1.807, 2.05) is 6.92 Å². The van der Waals surface area contributed by atoms with E-state index >= 15 is 0 Å². The molecule has 1 unspecified atom stereocenters. The Labute approximate surface area is 124 Å². The molecule has 116 valence electrons. The standard InChI is InChI=1S/C13H19N3O4S/c1-10-5-3-4-8-15(10)21(19,20)13-7-6-11(16(17)18)9-12(13)14-2/h6-7,9-10,14H,3-5,8H2,1-2H3. The van der Waals surface area contributed by atoms with Crippen LogP contribution in [0.15, 0.2) is 23.1 Å². The highest BCUT2D eigenvalue weighted by Crippen LogP contribution is 2.31. The summed E-state index contributed by atoms with van der Waals surface area (Å²) in [7, 11) is -2.09. The van der Waals surface area contributed by atoms with Crippen molar-refractivity contribution in [2.75, 3.05) is 18.9 Å². The van der Waals surface area contributed by atoms with Crippen molar-refractivity contribution in [2.45, 2.75) is 37.1 Å². The average Bonchev–Trinajstić information content (AvgIpc) is 2.46. The first-order valence-corrected chi connectivity index (χ1v) is 8.30. The Morgan fingerprint density at radius 2 is 2.10 bits per heavy atom. The van der Waals surface area contributed by atoms with E-state index in [9.17, 15) is 18.5 Å². The van der Waals surface area contributed by atoms with Crippen molar-refractivity contribution in [3.63, 3.8) is 0 Å². The van der Waals surface area contributed by atoms with Gasteiger partial charge in [-0.25, -0.2) is 8.42 Å². The number of nitro groups is 1. The van der Waals surface area contributed by atoms with E-state index in [1.165, 1.54) is 22.5 Å². The van der Waals surface area contributed by atoms with Crippen molar-refractivity contribution in [2.24, 2.45) is 0 Å². The molecule has 1 aromatic carbocycles. The fourth-order valence-electron chi connectivity index (χ4n) is 2.61. The van der Waals surface area contributed by atoms with Crippen LogP contribution in [0.2, 0.25) is 0 Å². The third-order valence-corrected chi connectivity index (χ3v) is 5.84. The monoisotopic (exact) mass is 313 g/mol. The van der Waals surface area contributed by atoms with Gasteiger partial charge in [0.15, 0.2) is 0 Å². The number of piperidine rings is 1. The SMILES string of the molecule is CNc1cc([N+](=O)[O-])ccc1S(=O)(=O)N1CCCCC1C. The lowest BCUT2D eigenvalue weighted by Crippen LogP contribution is -2.42. The van der Waals surface area contributed by atoms with Crippen LogP contribution in [-0.4, -0.2) is 37.3 Å². The van der Waals surface area contributed by atoms with Gasteiger partial charge in [-0.3, -0.25) is 10.1 Å². The van der Waals surface area contributed by atoms with E-state index in [2.05, 4.69) is 5.32 Å². The van der Waals surface area contributed by atoms with Gasteiger partial charge in [0.25, 0.3) is 5.69 Å². The molecule has 1 heterocycles. The number of anilines is 1. The number of nitrogens with one attached hydrogen (secondary N) is 1. The molecule has 1 aromatic rings. The van der Waals surface area contributed by atoms with Crippen LogP contribution >= 0.6 is 0 Å². The van der Waals surface area contributed by atoms with Gasteiger partial charge in [-0.15, -0.1) is 0 Å². The van der Waals surface area contributed by atoms with Crippen molar-refractivity contribution >= 4 is 21.4 Å². The van der Waals surface area contributed by atoms with Gasteiger partial charge in [-0.2, -0.15) is 4.31 Å². The van der Waals surface area contributed by atoms with Crippen LogP contribution in [0.3, 0.4) is 0 Å². The first kappa shape index (κ1) is 15.7. The van der Waals surface area contributed by atoms with E-state index in [1.54, 1.807) is 7.05 Å². The first-order chi connectivity index (χ1) is 9.87.